The van der Waals surface area contributed by atoms with Crippen LogP contribution in [0.2, 0.25) is 0 Å². The van der Waals surface area contributed by atoms with E-state index in [9.17, 15) is 0 Å². The molecule has 4 heteroatoms. The fourth-order valence-electron chi connectivity index (χ4n) is 2.12. The molecule has 2 heterocycles. The van der Waals surface area contributed by atoms with Gasteiger partial charge in [0.15, 0.2) is 0 Å². The summed E-state index contributed by atoms with van der Waals surface area (Å²) in [5.74, 6) is 0. The standard InChI is InChI=1S/C14H16N4/c1-18-10-12(9-17-18)8-15-7-11-2-3-13-4-5-16-14(13)6-11/h2-6,9-10,15-16H,7-8H2,1H3. The van der Waals surface area contributed by atoms with Crippen molar-refractivity contribution in [3.8, 4) is 0 Å². The summed E-state index contributed by atoms with van der Waals surface area (Å²) in [6.07, 6.45) is 5.89. The monoisotopic (exact) mass is 240 g/mol. The van der Waals surface area contributed by atoms with Crippen LogP contribution in [0.25, 0.3) is 10.9 Å². The molecular weight excluding hydrogens is 224 g/mol. The lowest BCUT2D eigenvalue weighted by molar-refractivity contribution is 0.692. The van der Waals surface area contributed by atoms with Crippen molar-refractivity contribution < 1.29 is 0 Å². The van der Waals surface area contributed by atoms with Crippen molar-refractivity contribution in [3.63, 3.8) is 0 Å². The summed E-state index contributed by atoms with van der Waals surface area (Å²) in [7, 11) is 1.93. The van der Waals surface area contributed by atoms with Crippen LogP contribution in [0.15, 0.2) is 42.9 Å². The molecule has 0 atom stereocenters. The van der Waals surface area contributed by atoms with Crippen LogP contribution in [0.1, 0.15) is 11.1 Å². The van der Waals surface area contributed by atoms with E-state index < -0.39 is 0 Å². The second kappa shape index (κ2) is 4.66. The molecule has 4 nitrogen and oxygen atoms in total. The van der Waals surface area contributed by atoms with Crippen LogP contribution in [0, 0.1) is 0 Å². The van der Waals surface area contributed by atoms with E-state index in [0.717, 1.165) is 13.1 Å². The first kappa shape index (κ1) is 11.0. The Hall–Kier alpha value is -2.07. The summed E-state index contributed by atoms with van der Waals surface area (Å²) in [5, 5.41) is 8.82. The molecule has 0 saturated carbocycles. The van der Waals surface area contributed by atoms with E-state index in [4.69, 9.17) is 0 Å². The minimum absolute atomic E-state index is 0.844. The SMILES string of the molecule is Cn1cc(CNCc2ccc3cc[nH]c3c2)cn1. The minimum Gasteiger partial charge on any atom is -0.361 e. The van der Waals surface area contributed by atoms with Crippen LogP contribution in [-0.4, -0.2) is 14.8 Å². The Morgan fingerprint density at radius 1 is 1.22 bits per heavy atom. The average molecular weight is 240 g/mol. The van der Waals surface area contributed by atoms with Crippen molar-refractivity contribution in [1.29, 1.82) is 0 Å². The van der Waals surface area contributed by atoms with E-state index in [0.29, 0.717) is 0 Å². The van der Waals surface area contributed by atoms with Gasteiger partial charge in [-0.15, -0.1) is 0 Å². The number of nitrogens with zero attached hydrogens (tertiary/aromatic N) is 2. The molecule has 18 heavy (non-hydrogen) atoms. The number of aromatic amines is 1. The second-order valence-electron chi connectivity index (χ2n) is 4.53. The zero-order valence-corrected chi connectivity index (χ0v) is 10.4. The molecule has 0 radical (unpaired) electrons. The van der Waals surface area contributed by atoms with Gasteiger partial charge in [-0.25, -0.2) is 0 Å². The Bertz CT molecular complexity index is 650. The van der Waals surface area contributed by atoms with Gasteiger partial charge in [0.05, 0.1) is 6.20 Å². The van der Waals surface area contributed by atoms with Crippen molar-refractivity contribution in [1.82, 2.24) is 20.1 Å². The van der Waals surface area contributed by atoms with Gasteiger partial charge < -0.3 is 10.3 Å². The van der Waals surface area contributed by atoms with E-state index in [1.165, 1.54) is 22.0 Å². The van der Waals surface area contributed by atoms with Gasteiger partial charge >= 0.3 is 0 Å². The fraction of sp³-hybridized carbons (Fsp3) is 0.214. The highest BCUT2D eigenvalue weighted by molar-refractivity contribution is 5.79. The molecule has 0 spiro atoms. The normalized spacial score (nSPS) is 11.2. The number of nitrogens with one attached hydrogen (secondary N) is 2. The predicted molar refractivity (Wildman–Crippen MR) is 72.1 cm³/mol. The fourth-order valence-corrected chi connectivity index (χ4v) is 2.12. The maximum absolute atomic E-state index is 4.15. The van der Waals surface area contributed by atoms with Crippen molar-refractivity contribution in [3.05, 3.63) is 54.0 Å². The Morgan fingerprint density at radius 3 is 2.94 bits per heavy atom. The first-order valence-corrected chi connectivity index (χ1v) is 6.05. The summed E-state index contributed by atoms with van der Waals surface area (Å²) in [5.41, 5.74) is 3.68. The lowest BCUT2D eigenvalue weighted by Crippen LogP contribution is -2.12. The summed E-state index contributed by atoms with van der Waals surface area (Å²) in [4.78, 5) is 3.23. The van der Waals surface area contributed by atoms with Crippen LogP contribution in [0.3, 0.4) is 0 Å². The molecule has 2 N–H and O–H groups in total. The van der Waals surface area contributed by atoms with Gasteiger partial charge in [-0.1, -0.05) is 12.1 Å². The van der Waals surface area contributed by atoms with Crippen molar-refractivity contribution >= 4 is 10.9 Å². The molecule has 2 aromatic heterocycles. The number of hydrogen-bond donors (Lipinski definition) is 2. The third-order valence-electron chi connectivity index (χ3n) is 3.04. The van der Waals surface area contributed by atoms with Crippen LogP contribution in [0.4, 0.5) is 0 Å². The Morgan fingerprint density at radius 2 is 2.11 bits per heavy atom. The van der Waals surface area contributed by atoms with Crippen LogP contribution >= 0.6 is 0 Å². The molecular formula is C14H16N4. The first-order chi connectivity index (χ1) is 8.81. The molecule has 1 aromatic carbocycles. The number of benzene rings is 1. The van der Waals surface area contributed by atoms with E-state index in [1.807, 2.05) is 30.3 Å². The molecule has 0 unspecified atom stereocenters. The molecule has 0 aliphatic carbocycles. The summed E-state index contributed by atoms with van der Waals surface area (Å²) in [6, 6.07) is 8.58. The number of aryl methyl sites for hydroxylation is 1. The predicted octanol–water partition coefficient (Wildman–Crippen LogP) is 2.19. The van der Waals surface area contributed by atoms with Gasteiger partial charge in [-0.05, 0) is 23.1 Å². The van der Waals surface area contributed by atoms with Gasteiger partial charge in [-0.2, -0.15) is 5.10 Å². The van der Waals surface area contributed by atoms with Gasteiger partial charge in [0.25, 0.3) is 0 Å². The summed E-state index contributed by atoms with van der Waals surface area (Å²) in [6.45, 7) is 1.71. The van der Waals surface area contributed by atoms with Gasteiger partial charge in [-0.3, -0.25) is 4.68 Å². The van der Waals surface area contributed by atoms with Crippen molar-refractivity contribution in [2.45, 2.75) is 13.1 Å². The molecule has 3 aromatic rings. The highest BCUT2D eigenvalue weighted by atomic mass is 15.2. The summed E-state index contributed by atoms with van der Waals surface area (Å²) < 4.78 is 1.82. The Labute approximate surface area is 106 Å². The molecule has 0 saturated heterocycles. The molecule has 0 fully saturated rings. The highest BCUT2D eigenvalue weighted by Gasteiger charge is 1.99. The third-order valence-corrected chi connectivity index (χ3v) is 3.04. The maximum atomic E-state index is 4.15. The average Bonchev–Trinajstić information content (AvgIpc) is 2.97. The van der Waals surface area contributed by atoms with Crippen molar-refractivity contribution in [2.75, 3.05) is 0 Å². The maximum Gasteiger partial charge on any atom is 0.0534 e. The quantitative estimate of drug-likeness (QED) is 0.734. The van der Waals surface area contributed by atoms with E-state index in [2.05, 4.69) is 39.7 Å². The van der Waals surface area contributed by atoms with Crippen molar-refractivity contribution in [2.24, 2.45) is 7.05 Å². The van der Waals surface area contributed by atoms with Gasteiger partial charge in [0, 0.05) is 43.6 Å². The Balaban J connectivity index is 1.62. The number of hydrogen-bond acceptors (Lipinski definition) is 2. The number of rotatable bonds is 4. The number of aromatic nitrogens is 3. The van der Waals surface area contributed by atoms with Crippen LogP contribution in [0.5, 0.6) is 0 Å². The topological polar surface area (TPSA) is 45.6 Å². The highest BCUT2D eigenvalue weighted by Crippen LogP contribution is 2.14. The zero-order valence-electron chi connectivity index (χ0n) is 10.4. The largest absolute Gasteiger partial charge is 0.361 e. The van der Waals surface area contributed by atoms with E-state index in [1.54, 1.807) is 0 Å². The molecule has 0 aliphatic rings. The van der Waals surface area contributed by atoms with Crippen LogP contribution in [-0.2, 0) is 20.1 Å². The smallest absolute Gasteiger partial charge is 0.0534 e. The first-order valence-electron chi connectivity index (χ1n) is 6.05. The number of H-pyrrole nitrogens is 1. The molecule has 0 amide bonds. The minimum atomic E-state index is 0.844. The molecule has 0 bridgehead atoms. The third kappa shape index (κ3) is 2.28. The zero-order chi connectivity index (χ0) is 12.4. The van der Waals surface area contributed by atoms with E-state index in [-0.39, 0.29) is 0 Å². The Kier molecular flexibility index (Phi) is 2.86. The lowest BCUT2D eigenvalue weighted by Gasteiger charge is -2.03. The van der Waals surface area contributed by atoms with Gasteiger partial charge in [0.2, 0.25) is 0 Å². The second-order valence-corrected chi connectivity index (χ2v) is 4.53. The lowest BCUT2D eigenvalue weighted by atomic mass is 10.1. The van der Waals surface area contributed by atoms with E-state index >= 15 is 0 Å². The number of fused-ring (bicyclic) bond motifs is 1. The van der Waals surface area contributed by atoms with Gasteiger partial charge in [0.1, 0.15) is 0 Å². The molecule has 3 rings (SSSR count). The summed E-state index contributed by atoms with van der Waals surface area (Å²) >= 11 is 0. The molecule has 0 aliphatic heterocycles. The van der Waals surface area contributed by atoms with Crippen LogP contribution < -0.4 is 5.32 Å². The molecule has 92 valence electrons.